The molecule has 3 aliphatic rings. The first kappa shape index (κ1) is 14.6. The van der Waals surface area contributed by atoms with Crippen molar-refractivity contribution >= 4 is 17.7 Å². The number of carbonyl (C=O) groups excluding carboxylic acids is 1. The molecule has 1 aliphatic carbocycles. The molecule has 122 valence electrons. The Hall–Kier alpha value is -1.74. The molecule has 0 N–H and O–H groups in total. The first-order valence-electron chi connectivity index (χ1n) is 8.62. The van der Waals surface area contributed by atoms with Gasteiger partial charge < -0.3 is 4.90 Å². The lowest BCUT2D eigenvalue weighted by molar-refractivity contribution is -0.141. The monoisotopic (exact) mass is 335 g/mol. The van der Waals surface area contributed by atoms with Crippen LogP contribution in [-0.2, 0) is 21.5 Å². The summed E-state index contributed by atoms with van der Waals surface area (Å²) in [6.45, 7) is 4.11. The van der Waals surface area contributed by atoms with Crippen LogP contribution in [0.2, 0.25) is 0 Å². The van der Waals surface area contributed by atoms with Gasteiger partial charge in [-0.05, 0) is 42.5 Å². The van der Waals surface area contributed by atoms with Crippen molar-refractivity contribution in [3.05, 3.63) is 70.8 Å². The molecule has 1 saturated heterocycles. The predicted octanol–water partition coefficient (Wildman–Crippen LogP) is 4.04. The maximum Gasteiger partial charge on any atom is 0.233 e. The molecule has 0 bridgehead atoms. The highest BCUT2D eigenvalue weighted by atomic mass is 32.2. The Labute approximate surface area is 147 Å². The number of carbonyl (C=O) groups is 1. The Balaban J connectivity index is 1.76. The Kier molecular flexibility index (Phi) is 2.71. The van der Waals surface area contributed by atoms with E-state index in [9.17, 15) is 4.79 Å². The highest BCUT2D eigenvalue weighted by Crippen LogP contribution is 2.70. The van der Waals surface area contributed by atoms with E-state index in [0.29, 0.717) is 11.2 Å². The van der Waals surface area contributed by atoms with Crippen LogP contribution in [0.4, 0.5) is 0 Å². The van der Waals surface area contributed by atoms with Crippen molar-refractivity contribution in [2.45, 2.75) is 41.7 Å². The number of fused-ring (bicyclic) bond motifs is 6. The second-order valence-electron chi connectivity index (χ2n) is 7.77. The molecule has 2 heterocycles. The number of thioether (sulfide) groups is 1. The minimum atomic E-state index is -0.458. The molecular weight excluding hydrogens is 314 g/mol. The zero-order valence-corrected chi connectivity index (χ0v) is 15.1. The third kappa shape index (κ3) is 1.48. The molecule has 3 atom stereocenters. The summed E-state index contributed by atoms with van der Waals surface area (Å²) in [5, 5.41) is 0.590. The Morgan fingerprint density at radius 3 is 2.50 bits per heavy atom. The number of amides is 1. The first-order valence-corrected chi connectivity index (χ1v) is 9.50. The largest absolute Gasteiger partial charge is 0.325 e. The highest BCUT2D eigenvalue weighted by molar-refractivity contribution is 8.02. The van der Waals surface area contributed by atoms with Gasteiger partial charge in [-0.2, -0.15) is 0 Å². The molecule has 2 unspecified atom stereocenters. The zero-order chi connectivity index (χ0) is 16.7. The van der Waals surface area contributed by atoms with E-state index in [1.165, 1.54) is 22.3 Å². The van der Waals surface area contributed by atoms with E-state index in [1.54, 1.807) is 0 Å². The first-order chi connectivity index (χ1) is 11.5. The standard InChI is InChI=1S/C21H21NOS/c1-20(2)15-10-6-7-11-16(15)21(22(3)19(20)23)18-14-9-5-4-8-13(14)12-17(18)24-21/h4-11,17-18H,12H2,1-3H3/t17?,18?,21-/m0/s1. The predicted molar refractivity (Wildman–Crippen MR) is 98.2 cm³/mol. The van der Waals surface area contributed by atoms with Gasteiger partial charge in [-0.15, -0.1) is 11.8 Å². The van der Waals surface area contributed by atoms with Crippen LogP contribution < -0.4 is 0 Å². The van der Waals surface area contributed by atoms with Gasteiger partial charge in [0, 0.05) is 18.2 Å². The lowest BCUT2D eigenvalue weighted by Crippen LogP contribution is -2.64. The molecule has 0 saturated carbocycles. The Bertz CT molecular complexity index is 874. The van der Waals surface area contributed by atoms with Gasteiger partial charge in [0.25, 0.3) is 0 Å². The molecule has 24 heavy (non-hydrogen) atoms. The fourth-order valence-corrected chi connectivity index (χ4v) is 7.05. The molecule has 1 amide bonds. The fourth-order valence-electron chi connectivity index (χ4n) is 5.09. The molecule has 1 fully saturated rings. The van der Waals surface area contributed by atoms with Crippen LogP contribution in [0.5, 0.6) is 0 Å². The Morgan fingerprint density at radius 2 is 1.71 bits per heavy atom. The maximum absolute atomic E-state index is 13.2. The number of benzene rings is 2. The molecule has 0 aromatic heterocycles. The van der Waals surface area contributed by atoms with E-state index < -0.39 is 5.41 Å². The van der Waals surface area contributed by atoms with E-state index in [-0.39, 0.29) is 10.8 Å². The summed E-state index contributed by atoms with van der Waals surface area (Å²) in [7, 11) is 2.00. The molecule has 1 spiro atoms. The zero-order valence-electron chi connectivity index (χ0n) is 14.2. The summed E-state index contributed by atoms with van der Waals surface area (Å²) in [6.07, 6.45) is 1.13. The molecule has 0 radical (unpaired) electrons. The van der Waals surface area contributed by atoms with Gasteiger partial charge in [0.1, 0.15) is 4.87 Å². The van der Waals surface area contributed by atoms with Gasteiger partial charge in [-0.25, -0.2) is 0 Å². The van der Waals surface area contributed by atoms with E-state index in [1.807, 2.05) is 23.7 Å². The Morgan fingerprint density at radius 1 is 1.04 bits per heavy atom. The molecule has 3 heteroatoms. The molecule has 2 nitrogen and oxygen atoms in total. The van der Waals surface area contributed by atoms with Gasteiger partial charge in [-0.1, -0.05) is 48.5 Å². The van der Waals surface area contributed by atoms with Crippen LogP contribution in [-0.4, -0.2) is 23.1 Å². The topological polar surface area (TPSA) is 20.3 Å². The van der Waals surface area contributed by atoms with Crippen molar-refractivity contribution in [2.24, 2.45) is 0 Å². The average Bonchev–Trinajstić information content (AvgIpc) is 2.87. The minimum absolute atomic E-state index is 0.233. The summed E-state index contributed by atoms with van der Waals surface area (Å²) in [5.74, 6) is 0.640. The van der Waals surface area contributed by atoms with E-state index >= 15 is 0 Å². The normalized spacial score (nSPS) is 32.1. The lowest BCUT2D eigenvalue weighted by Gasteiger charge is -2.61. The van der Waals surface area contributed by atoms with Crippen molar-refractivity contribution in [3.63, 3.8) is 0 Å². The van der Waals surface area contributed by atoms with E-state index in [2.05, 4.69) is 62.4 Å². The van der Waals surface area contributed by atoms with Crippen molar-refractivity contribution in [2.75, 3.05) is 7.05 Å². The summed E-state index contributed by atoms with van der Waals surface area (Å²) in [4.78, 5) is 15.0. The van der Waals surface area contributed by atoms with Crippen molar-refractivity contribution in [1.82, 2.24) is 4.90 Å². The number of nitrogens with zero attached hydrogens (tertiary/aromatic N) is 1. The van der Waals surface area contributed by atoms with Gasteiger partial charge >= 0.3 is 0 Å². The number of hydrogen-bond donors (Lipinski definition) is 0. The maximum atomic E-state index is 13.2. The van der Waals surface area contributed by atoms with Crippen LogP contribution >= 0.6 is 11.8 Å². The van der Waals surface area contributed by atoms with E-state index in [0.717, 1.165) is 6.42 Å². The third-order valence-electron chi connectivity index (χ3n) is 6.26. The van der Waals surface area contributed by atoms with Gasteiger partial charge in [0.05, 0.1) is 5.41 Å². The van der Waals surface area contributed by atoms with Crippen LogP contribution in [0.1, 0.15) is 42.0 Å². The second-order valence-corrected chi connectivity index (χ2v) is 9.23. The molecule has 5 rings (SSSR count). The van der Waals surface area contributed by atoms with Gasteiger partial charge in [-0.3, -0.25) is 4.79 Å². The summed E-state index contributed by atoms with van der Waals surface area (Å²) >= 11 is 1.98. The van der Waals surface area contributed by atoms with Crippen molar-refractivity contribution in [3.8, 4) is 0 Å². The van der Waals surface area contributed by atoms with Gasteiger partial charge in [0.15, 0.2) is 0 Å². The molecule has 2 aromatic rings. The molecular formula is C21H21NOS. The summed E-state index contributed by atoms with van der Waals surface area (Å²) in [6, 6.07) is 17.4. The molecule has 2 aliphatic heterocycles. The van der Waals surface area contributed by atoms with Crippen LogP contribution in [0, 0.1) is 0 Å². The third-order valence-corrected chi connectivity index (χ3v) is 8.11. The van der Waals surface area contributed by atoms with Crippen LogP contribution in [0.25, 0.3) is 0 Å². The average molecular weight is 335 g/mol. The SMILES string of the molecule is CN1C(=O)C(C)(C)c2ccccc2[C@@]12SC1Cc3ccccc3C12. The van der Waals surface area contributed by atoms with Crippen molar-refractivity contribution in [1.29, 1.82) is 0 Å². The highest BCUT2D eigenvalue weighted by Gasteiger charge is 2.66. The lowest BCUT2D eigenvalue weighted by atomic mass is 9.70. The smallest absolute Gasteiger partial charge is 0.233 e. The number of rotatable bonds is 0. The second kappa shape index (κ2) is 4.45. The van der Waals surface area contributed by atoms with Gasteiger partial charge in [0.2, 0.25) is 5.91 Å². The molecule has 2 aromatic carbocycles. The van der Waals surface area contributed by atoms with Crippen LogP contribution in [0.3, 0.4) is 0 Å². The fraction of sp³-hybridized carbons (Fsp3) is 0.381. The minimum Gasteiger partial charge on any atom is -0.325 e. The summed E-state index contributed by atoms with van der Waals surface area (Å²) < 4.78 is 0. The number of likely N-dealkylation sites (N-methyl/N-ethyl adjacent to an activating group) is 1. The van der Waals surface area contributed by atoms with Crippen molar-refractivity contribution < 1.29 is 4.79 Å². The summed E-state index contributed by atoms with van der Waals surface area (Å²) in [5.41, 5.74) is 4.97. The van der Waals surface area contributed by atoms with Crippen LogP contribution in [0.15, 0.2) is 48.5 Å². The quantitative estimate of drug-likeness (QED) is 0.724. The number of hydrogen-bond acceptors (Lipinski definition) is 2. The van der Waals surface area contributed by atoms with E-state index in [4.69, 9.17) is 0 Å².